The first kappa shape index (κ1) is 13.9. The van der Waals surface area contributed by atoms with Crippen molar-refractivity contribution in [1.29, 1.82) is 0 Å². The predicted octanol–water partition coefficient (Wildman–Crippen LogP) is 4.17. The van der Waals surface area contributed by atoms with Gasteiger partial charge in [0.25, 0.3) is 0 Å². The van der Waals surface area contributed by atoms with Crippen molar-refractivity contribution >= 4 is 10.9 Å². The smallest absolute Gasteiger partial charge is 0.131 e. The van der Waals surface area contributed by atoms with Crippen LogP contribution in [0.1, 0.15) is 5.69 Å². The summed E-state index contributed by atoms with van der Waals surface area (Å²) >= 11 is 0. The van der Waals surface area contributed by atoms with Crippen molar-refractivity contribution in [3.63, 3.8) is 0 Å². The summed E-state index contributed by atoms with van der Waals surface area (Å²) in [4.78, 5) is 4.38. The maximum atomic E-state index is 12.7. The van der Waals surface area contributed by atoms with Gasteiger partial charge < -0.3 is 0 Å². The van der Waals surface area contributed by atoms with Crippen LogP contribution >= 0.6 is 0 Å². The molecule has 0 unspecified atom stereocenters. The normalized spacial score (nSPS) is 10.2. The minimum atomic E-state index is -0.539. The van der Waals surface area contributed by atoms with Crippen LogP contribution in [0.15, 0.2) is 54.6 Å². The fraction of sp³-hybridized carbons (Fsp3) is 0.0625. The molecule has 1 nitrogen and oxygen atoms in total. The van der Waals surface area contributed by atoms with E-state index < -0.39 is 6.67 Å². The second-order valence-electron chi connectivity index (χ2n) is 4.09. The van der Waals surface area contributed by atoms with Crippen LogP contribution in [0.25, 0.3) is 22.0 Å². The van der Waals surface area contributed by atoms with Gasteiger partial charge in [-0.1, -0.05) is 29.8 Å². The Hall–Kier alpha value is -1.53. The Bertz CT molecular complexity index is 683. The molecular formula is C16H11FNPt-. The third-order valence-electron chi connectivity index (χ3n) is 2.91. The average Bonchev–Trinajstić information content (AvgIpc) is 2.47. The molecule has 19 heavy (non-hydrogen) atoms. The SMILES string of the molecule is FCc1ccc2cccc(-c3[c-]cccc3)c2n1.[Pt]. The molecule has 0 atom stereocenters. The minimum absolute atomic E-state index is 0. The predicted molar refractivity (Wildman–Crippen MR) is 70.8 cm³/mol. The summed E-state index contributed by atoms with van der Waals surface area (Å²) in [7, 11) is 0. The van der Waals surface area contributed by atoms with Gasteiger partial charge in [-0.2, -0.15) is 0 Å². The molecule has 98 valence electrons. The quantitative estimate of drug-likeness (QED) is 0.556. The number of para-hydroxylation sites is 1. The monoisotopic (exact) mass is 431 g/mol. The minimum Gasteiger partial charge on any atom is -0.259 e. The summed E-state index contributed by atoms with van der Waals surface area (Å²) < 4.78 is 12.7. The van der Waals surface area contributed by atoms with Gasteiger partial charge in [-0.05, 0) is 11.5 Å². The van der Waals surface area contributed by atoms with Crippen LogP contribution in [0.2, 0.25) is 0 Å². The number of alkyl halides is 1. The molecule has 3 aromatic rings. The molecule has 0 saturated heterocycles. The van der Waals surface area contributed by atoms with Crippen LogP contribution < -0.4 is 0 Å². The van der Waals surface area contributed by atoms with E-state index in [2.05, 4.69) is 11.1 Å². The summed E-state index contributed by atoms with van der Waals surface area (Å²) in [5, 5.41) is 1.02. The van der Waals surface area contributed by atoms with Crippen LogP contribution in [0.3, 0.4) is 0 Å². The molecule has 0 aliphatic carbocycles. The van der Waals surface area contributed by atoms with Gasteiger partial charge in [0.15, 0.2) is 0 Å². The van der Waals surface area contributed by atoms with Crippen LogP contribution in [-0.2, 0) is 27.7 Å². The molecule has 3 heteroatoms. The molecule has 0 radical (unpaired) electrons. The molecule has 0 spiro atoms. The second kappa shape index (κ2) is 6.07. The Labute approximate surface area is 125 Å². The van der Waals surface area contributed by atoms with E-state index >= 15 is 0 Å². The molecule has 0 aliphatic rings. The number of halogens is 1. The fourth-order valence-corrected chi connectivity index (χ4v) is 2.04. The van der Waals surface area contributed by atoms with Crippen LogP contribution in [0, 0.1) is 6.07 Å². The first-order chi connectivity index (χ1) is 8.88. The molecule has 0 N–H and O–H groups in total. The largest absolute Gasteiger partial charge is 0.259 e. The van der Waals surface area contributed by atoms with Crippen molar-refractivity contribution < 1.29 is 25.5 Å². The van der Waals surface area contributed by atoms with E-state index in [0.29, 0.717) is 5.69 Å². The summed E-state index contributed by atoms with van der Waals surface area (Å²) in [6.45, 7) is -0.539. The van der Waals surface area contributed by atoms with Crippen LogP contribution in [-0.4, -0.2) is 4.98 Å². The van der Waals surface area contributed by atoms with Crippen molar-refractivity contribution in [3.8, 4) is 11.1 Å². The molecular weight excluding hydrogens is 420 g/mol. The van der Waals surface area contributed by atoms with E-state index in [1.165, 1.54) is 0 Å². The summed E-state index contributed by atoms with van der Waals surface area (Å²) in [5.41, 5.74) is 3.26. The van der Waals surface area contributed by atoms with Gasteiger partial charge in [-0.25, -0.2) is 4.39 Å². The summed E-state index contributed by atoms with van der Waals surface area (Å²) in [6, 6.07) is 20.5. The maximum Gasteiger partial charge on any atom is 0.131 e. The zero-order valence-electron chi connectivity index (χ0n) is 10.0. The van der Waals surface area contributed by atoms with Gasteiger partial charge in [0, 0.05) is 26.6 Å². The van der Waals surface area contributed by atoms with Gasteiger partial charge in [0.2, 0.25) is 0 Å². The number of fused-ring (bicyclic) bond motifs is 1. The van der Waals surface area contributed by atoms with Crippen molar-refractivity contribution in [2.75, 3.05) is 0 Å². The molecule has 0 aliphatic heterocycles. The van der Waals surface area contributed by atoms with Crippen molar-refractivity contribution in [2.24, 2.45) is 0 Å². The summed E-state index contributed by atoms with van der Waals surface area (Å²) in [5.74, 6) is 0. The van der Waals surface area contributed by atoms with Crippen molar-refractivity contribution in [2.45, 2.75) is 6.67 Å². The van der Waals surface area contributed by atoms with E-state index in [-0.39, 0.29) is 21.1 Å². The number of hydrogen-bond donors (Lipinski definition) is 0. The Morgan fingerprint density at radius 1 is 1.00 bits per heavy atom. The first-order valence-corrected chi connectivity index (χ1v) is 5.80. The van der Waals surface area contributed by atoms with Gasteiger partial charge >= 0.3 is 0 Å². The number of rotatable bonds is 2. The van der Waals surface area contributed by atoms with E-state index in [1.807, 2.05) is 48.5 Å². The maximum absolute atomic E-state index is 12.7. The van der Waals surface area contributed by atoms with E-state index in [1.54, 1.807) is 6.07 Å². The zero-order chi connectivity index (χ0) is 12.4. The molecule has 3 rings (SSSR count). The third-order valence-corrected chi connectivity index (χ3v) is 2.91. The van der Waals surface area contributed by atoms with Gasteiger partial charge in [0.05, 0.1) is 5.69 Å². The van der Waals surface area contributed by atoms with Crippen molar-refractivity contribution in [1.82, 2.24) is 4.98 Å². The second-order valence-corrected chi connectivity index (χ2v) is 4.09. The van der Waals surface area contributed by atoms with E-state index in [4.69, 9.17) is 0 Å². The summed E-state index contributed by atoms with van der Waals surface area (Å²) in [6.07, 6.45) is 0. The zero-order valence-corrected chi connectivity index (χ0v) is 12.3. The Balaban J connectivity index is 0.00000133. The number of pyridine rings is 1. The van der Waals surface area contributed by atoms with Gasteiger partial charge in [-0.15, -0.1) is 35.9 Å². The molecule has 0 fully saturated rings. The van der Waals surface area contributed by atoms with E-state index in [0.717, 1.165) is 22.0 Å². The number of aromatic nitrogens is 1. The topological polar surface area (TPSA) is 12.9 Å². The Kier molecular flexibility index (Phi) is 4.44. The molecule has 0 saturated carbocycles. The van der Waals surface area contributed by atoms with Crippen LogP contribution in [0.5, 0.6) is 0 Å². The van der Waals surface area contributed by atoms with Crippen molar-refractivity contribution in [3.05, 3.63) is 66.4 Å². The molecule has 0 bridgehead atoms. The third kappa shape index (κ3) is 2.74. The molecule has 2 aromatic carbocycles. The molecule has 1 heterocycles. The Morgan fingerprint density at radius 2 is 1.89 bits per heavy atom. The molecule has 1 aromatic heterocycles. The fourth-order valence-electron chi connectivity index (χ4n) is 2.04. The van der Waals surface area contributed by atoms with Gasteiger partial charge in [0.1, 0.15) is 6.67 Å². The molecule has 0 amide bonds. The van der Waals surface area contributed by atoms with Crippen LogP contribution in [0.4, 0.5) is 4.39 Å². The average molecular weight is 431 g/mol. The van der Waals surface area contributed by atoms with Gasteiger partial charge in [-0.3, -0.25) is 4.98 Å². The number of hydrogen-bond acceptors (Lipinski definition) is 1. The number of benzene rings is 2. The van der Waals surface area contributed by atoms with E-state index in [9.17, 15) is 4.39 Å². The Morgan fingerprint density at radius 3 is 2.63 bits per heavy atom. The number of nitrogens with zero attached hydrogens (tertiary/aromatic N) is 1. The first-order valence-electron chi connectivity index (χ1n) is 5.80. The standard InChI is InChI=1S/C16H11FN.Pt/c17-11-14-10-9-13-7-4-8-15(16(13)18-14)12-5-2-1-3-6-12;/h1-5,7-10H,11H2;/q-1;.